The van der Waals surface area contributed by atoms with E-state index in [2.05, 4.69) is 10.6 Å². The SMILES string of the molecule is CCOc1cccc(CNC(C)C(=O)NCCOC)c1. The van der Waals surface area contributed by atoms with Gasteiger partial charge in [0.1, 0.15) is 5.75 Å². The van der Waals surface area contributed by atoms with Gasteiger partial charge in [-0.3, -0.25) is 4.79 Å². The summed E-state index contributed by atoms with van der Waals surface area (Å²) in [5.41, 5.74) is 1.09. The molecule has 20 heavy (non-hydrogen) atoms. The Morgan fingerprint density at radius 2 is 2.20 bits per heavy atom. The molecule has 0 spiro atoms. The summed E-state index contributed by atoms with van der Waals surface area (Å²) in [4.78, 5) is 11.8. The van der Waals surface area contributed by atoms with Gasteiger partial charge in [-0.05, 0) is 31.5 Å². The minimum absolute atomic E-state index is 0.0250. The van der Waals surface area contributed by atoms with Crippen molar-refractivity contribution in [3.8, 4) is 5.75 Å². The summed E-state index contributed by atoms with van der Waals surface area (Å²) in [5.74, 6) is 0.826. The average Bonchev–Trinajstić information content (AvgIpc) is 2.45. The van der Waals surface area contributed by atoms with Crippen molar-refractivity contribution in [2.75, 3.05) is 26.9 Å². The summed E-state index contributed by atoms with van der Waals surface area (Å²) in [6, 6.07) is 7.61. The second-order valence-electron chi connectivity index (χ2n) is 4.47. The first-order chi connectivity index (χ1) is 9.67. The first kappa shape index (κ1) is 16.5. The van der Waals surface area contributed by atoms with Crippen molar-refractivity contribution in [2.45, 2.75) is 26.4 Å². The van der Waals surface area contributed by atoms with E-state index in [1.165, 1.54) is 0 Å². The Labute approximate surface area is 120 Å². The lowest BCUT2D eigenvalue weighted by atomic mass is 10.2. The van der Waals surface area contributed by atoms with Gasteiger partial charge in [0.25, 0.3) is 0 Å². The molecule has 0 saturated heterocycles. The molecule has 1 unspecified atom stereocenters. The lowest BCUT2D eigenvalue weighted by Gasteiger charge is -2.14. The van der Waals surface area contributed by atoms with E-state index >= 15 is 0 Å². The predicted molar refractivity (Wildman–Crippen MR) is 78.8 cm³/mol. The highest BCUT2D eigenvalue weighted by Gasteiger charge is 2.11. The van der Waals surface area contributed by atoms with Crippen molar-refractivity contribution in [3.05, 3.63) is 29.8 Å². The van der Waals surface area contributed by atoms with E-state index in [0.717, 1.165) is 11.3 Å². The lowest BCUT2D eigenvalue weighted by molar-refractivity contribution is -0.122. The molecule has 0 heterocycles. The molecule has 1 aromatic rings. The second-order valence-corrected chi connectivity index (χ2v) is 4.47. The van der Waals surface area contributed by atoms with Crippen LogP contribution in [0.5, 0.6) is 5.75 Å². The molecular formula is C15H24N2O3. The molecule has 1 aromatic carbocycles. The summed E-state index contributed by atoms with van der Waals surface area (Å²) < 4.78 is 10.3. The highest BCUT2D eigenvalue weighted by atomic mass is 16.5. The predicted octanol–water partition coefficient (Wildman–Crippen LogP) is 1.33. The fourth-order valence-corrected chi connectivity index (χ4v) is 1.70. The van der Waals surface area contributed by atoms with Crippen LogP contribution < -0.4 is 15.4 Å². The van der Waals surface area contributed by atoms with Crippen LogP contribution in [0.2, 0.25) is 0 Å². The number of ether oxygens (including phenoxy) is 2. The molecule has 0 aliphatic heterocycles. The van der Waals surface area contributed by atoms with E-state index < -0.39 is 0 Å². The first-order valence-electron chi connectivity index (χ1n) is 6.89. The number of rotatable bonds is 9. The van der Waals surface area contributed by atoms with Gasteiger partial charge in [0.2, 0.25) is 5.91 Å². The van der Waals surface area contributed by atoms with Crippen LogP contribution in [0.15, 0.2) is 24.3 Å². The Kier molecular flexibility index (Phi) is 7.69. The van der Waals surface area contributed by atoms with Crippen molar-refractivity contribution >= 4 is 5.91 Å². The molecular weight excluding hydrogens is 256 g/mol. The van der Waals surface area contributed by atoms with Crippen molar-refractivity contribution in [2.24, 2.45) is 0 Å². The highest BCUT2D eigenvalue weighted by molar-refractivity contribution is 5.81. The molecule has 0 fully saturated rings. The standard InChI is InChI=1S/C15H24N2O3/c1-4-20-14-7-5-6-13(10-14)11-17-12(2)15(18)16-8-9-19-3/h5-7,10,12,17H,4,8-9,11H2,1-3H3,(H,16,18). The Balaban J connectivity index is 2.38. The molecule has 112 valence electrons. The molecule has 0 radical (unpaired) electrons. The molecule has 1 amide bonds. The number of carbonyl (C=O) groups is 1. The third-order valence-corrected chi connectivity index (χ3v) is 2.82. The summed E-state index contributed by atoms with van der Waals surface area (Å²) in [6.07, 6.45) is 0. The van der Waals surface area contributed by atoms with Gasteiger partial charge in [-0.1, -0.05) is 12.1 Å². The van der Waals surface area contributed by atoms with Crippen LogP contribution in [0.4, 0.5) is 0 Å². The fraction of sp³-hybridized carbons (Fsp3) is 0.533. The van der Waals surface area contributed by atoms with E-state index in [4.69, 9.17) is 9.47 Å². The summed E-state index contributed by atoms with van der Waals surface area (Å²) in [5, 5.41) is 5.99. The van der Waals surface area contributed by atoms with Gasteiger partial charge in [-0.15, -0.1) is 0 Å². The Hall–Kier alpha value is -1.59. The number of carbonyl (C=O) groups excluding carboxylic acids is 1. The van der Waals surface area contributed by atoms with Crippen molar-refractivity contribution < 1.29 is 14.3 Å². The number of hydrogen-bond acceptors (Lipinski definition) is 4. The Bertz CT molecular complexity index is 410. The van der Waals surface area contributed by atoms with Gasteiger partial charge in [-0.2, -0.15) is 0 Å². The van der Waals surface area contributed by atoms with Gasteiger partial charge >= 0.3 is 0 Å². The third-order valence-electron chi connectivity index (χ3n) is 2.82. The number of nitrogens with one attached hydrogen (secondary N) is 2. The molecule has 0 aromatic heterocycles. The molecule has 2 N–H and O–H groups in total. The van der Waals surface area contributed by atoms with Gasteiger partial charge in [-0.25, -0.2) is 0 Å². The van der Waals surface area contributed by atoms with E-state index in [9.17, 15) is 4.79 Å². The number of methoxy groups -OCH3 is 1. The Morgan fingerprint density at radius 1 is 1.40 bits per heavy atom. The number of amides is 1. The van der Waals surface area contributed by atoms with Crippen LogP contribution in [-0.4, -0.2) is 38.8 Å². The van der Waals surface area contributed by atoms with E-state index in [1.54, 1.807) is 7.11 Å². The largest absolute Gasteiger partial charge is 0.494 e. The summed E-state index contributed by atoms with van der Waals surface area (Å²) in [7, 11) is 1.61. The van der Waals surface area contributed by atoms with Crippen molar-refractivity contribution in [3.63, 3.8) is 0 Å². The molecule has 0 saturated carbocycles. The van der Waals surface area contributed by atoms with Gasteiger partial charge in [0.15, 0.2) is 0 Å². The van der Waals surface area contributed by atoms with E-state index in [-0.39, 0.29) is 11.9 Å². The summed E-state index contributed by atoms with van der Waals surface area (Å²) in [6.45, 7) is 6.12. The smallest absolute Gasteiger partial charge is 0.236 e. The van der Waals surface area contributed by atoms with Crippen LogP contribution in [0.1, 0.15) is 19.4 Å². The zero-order valence-corrected chi connectivity index (χ0v) is 12.4. The van der Waals surface area contributed by atoms with Crippen LogP contribution in [0.25, 0.3) is 0 Å². The van der Waals surface area contributed by atoms with E-state index in [0.29, 0.717) is 26.3 Å². The second kappa shape index (κ2) is 9.34. The first-order valence-corrected chi connectivity index (χ1v) is 6.89. The molecule has 5 heteroatoms. The maximum atomic E-state index is 11.8. The van der Waals surface area contributed by atoms with Crippen LogP contribution in [-0.2, 0) is 16.1 Å². The maximum Gasteiger partial charge on any atom is 0.236 e. The maximum absolute atomic E-state index is 11.8. The van der Waals surface area contributed by atoms with Crippen molar-refractivity contribution in [1.82, 2.24) is 10.6 Å². The molecule has 0 aliphatic carbocycles. The number of benzene rings is 1. The zero-order chi connectivity index (χ0) is 14.8. The minimum atomic E-state index is -0.248. The molecule has 5 nitrogen and oxygen atoms in total. The normalized spacial score (nSPS) is 11.9. The third kappa shape index (κ3) is 6.04. The van der Waals surface area contributed by atoms with E-state index in [1.807, 2.05) is 38.1 Å². The zero-order valence-electron chi connectivity index (χ0n) is 12.4. The molecule has 1 rings (SSSR count). The topological polar surface area (TPSA) is 59.6 Å². The Morgan fingerprint density at radius 3 is 2.90 bits per heavy atom. The summed E-state index contributed by atoms with van der Waals surface area (Å²) >= 11 is 0. The van der Waals surface area contributed by atoms with Gasteiger partial charge in [0.05, 0.1) is 19.3 Å². The molecule has 0 aliphatic rings. The highest BCUT2D eigenvalue weighted by Crippen LogP contribution is 2.13. The van der Waals surface area contributed by atoms with Crippen LogP contribution in [0, 0.1) is 0 Å². The lowest BCUT2D eigenvalue weighted by Crippen LogP contribution is -2.42. The molecule has 1 atom stereocenters. The number of hydrogen-bond donors (Lipinski definition) is 2. The van der Waals surface area contributed by atoms with Gasteiger partial charge < -0.3 is 20.1 Å². The van der Waals surface area contributed by atoms with Crippen LogP contribution in [0.3, 0.4) is 0 Å². The molecule has 0 bridgehead atoms. The van der Waals surface area contributed by atoms with Crippen molar-refractivity contribution in [1.29, 1.82) is 0 Å². The van der Waals surface area contributed by atoms with Gasteiger partial charge in [0, 0.05) is 20.2 Å². The fourth-order valence-electron chi connectivity index (χ4n) is 1.70. The van der Waals surface area contributed by atoms with Crippen LogP contribution >= 0.6 is 0 Å². The quantitative estimate of drug-likeness (QED) is 0.670. The monoisotopic (exact) mass is 280 g/mol. The average molecular weight is 280 g/mol. The minimum Gasteiger partial charge on any atom is -0.494 e.